The fourth-order valence-corrected chi connectivity index (χ4v) is 2.81. The fraction of sp³-hybridized carbons (Fsp3) is 0.643. The predicted octanol–water partition coefficient (Wildman–Crippen LogP) is 3.60. The van der Waals surface area contributed by atoms with Gasteiger partial charge in [-0.1, -0.05) is 19.3 Å². The lowest BCUT2D eigenvalue weighted by molar-refractivity contribution is 0.0616. The van der Waals surface area contributed by atoms with E-state index >= 15 is 0 Å². The minimum atomic E-state index is -0.0179. The molecule has 0 spiro atoms. The molecule has 1 aromatic heterocycles. The van der Waals surface area contributed by atoms with Gasteiger partial charge in [-0.3, -0.25) is 4.79 Å². The maximum absolute atomic E-state index is 12.4. The van der Waals surface area contributed by atoms with E-state index in [4.69, 9.17) is 16.0 Å². The van der Waals surface area contributed by atoms with E-state index < -0.39 is 0 Å². The van der Waals surface area contributed by atoms with Crippen LogP contribution in [0, 0.1) is 6.92 Å². The van der Waals surface area contributed by atoms with Gasteiger partial charge in [0.15, 0.2) is 5.76 Å². The number of nitrogens with zero attached hydrogens (tertiary/aromatic N) is 1. The maximum atomic E-state index is 12.4. The number of hydrogen-bond donors (Lipinski definition) is 0. The Hall–Kier alpha value is -0.960. The van der Waals surface area contributed by atoms with Gasteiger partial charge in [0.25, 0.3) is 5.91 Å². The van der Waals surface area contributed by atoms with Gasteiger partial charge in [0.2, 0.25) is 0 Å². The van der Waals surface area contributed by atoms with Crippen LogP contribution in [-0.4, -0.2) is 29.3 Å². The third-order valence-corrected chi connectivity index (χ3v) is 3.72. The van der Waals surface area contributed by atoms with E-state index in [1.807, 2.05) is 17.9 Å². The fourth-order valence-electron chi connectivity index (χ4n) is 2.62. The molecular weight excluding hydrogens is 250 g/mol. The van der Waals surface area contributed by atoms with Crippen molar-refractivity contribution in [3.8, 4) is 0 Å². The number of halogens is 1. The lowest BCUT2D eigenvalue weighted by Crippen LogP contribution is -2.42. The second-order valence-electron chi connectivity index (χ2n) is 4.89. The van der Waals surface area contributed by atoms with Gasteiger partial charge in [0, 0.05) is 18.5 Å². The van der Waals surface area contributed by atoms with Gasteiger partial charge in [0.1, 0.15) is 5.76 Å². The van der Waals surface area contributed by atoms with Crippen molar-refractivity contribution in [2.75, 3.05) is 12.4 Å². The highest BCUT2D eigenvalue weighted by atomic mass is 35.5. The van der Waals surface area contributed by atoms with Crippen LogP contribution in [0.1, 0.15) is 48.4 Å². The molecule has 2 rings (SSSR count). The predicted molar refractivity (Wildman–Crippen MR) is 72.1 cm³/mol. The third-order valence-electron chi connectivity index (χ3n) is 3.55. The molecule has 1 aliphatic rings. The summed E-state index contributed by atoms with van der Waals surface area (Å²) in [6.07, 6.45) is 5.85. The van der Waals surface area contributed by atoms with Crippen molar-refractivity contribution in [3.63, 3.8) is 0 Å². The van der Waals surface area contributed by atoms with Crippen LogP contribution in [0.2, 0.25) is 0 Å². The molecule has 18 heavy (non-hydrogen) atoms. The summed E-state index contributed by atoms with van der Waals surface area (Å²) in [4.78, 5) is 14.3. The molecule has 1 aromatic rings. The molecule has 0 aromatic carbocycles. The van der Waals surface area contributed by atoms with Crippen molar-refractivity contribution in [2.45, 2.75) is 45.1 Å². The van der Waals surface area contributed by atoms with E-state index in [0.717, 1.165) is 18.6 Å². The first-order valence-corrected chi connectivity index (χ1v) is 7.19. The molecule has 1 heterocycles. The normalized spacial score (nSPS) is 16.8. The van der Waals surface area contributed by atoms with Crippen LogP contribution in [0.3, 0.4) is 0 Å². The Morgan fingerprint density at radius 1 is 1.39 bits per heavy atom. The molecule has 0 atom stereocenters. The van der Waals surface area contributed by atoms with Gasteiger partial charge in [-0.2, -0.15) is 0 Å². The first kappa shape index (κ1) is 13.5. The van der Waals surface area contributed by atoms with Gasteiger partial charge in [0.05, 0.1) is 0 Å². The zero-order chi connectivity index (χ0) is 13.0. The lowest BCUT2D eigenvalue weighted by Gasteiger charge is -2.33. The second kappa shape index (κ2) is 6.28. The maximum Gasteiger partial charge on any atom is 0.289 e. The Labute approximate surface area is 113 Å². The first-order chi connectivity index (χ1) is 8.72. The number of carbonyl (C=O) groups is 1. The molecule has 1 aliphatic carbocycles. The number of furan rings is 1. The summed E-state index contributed by atoms with van der Waals surface area (Å²) in [5.74, 6) is 1.66. The van der Waals surface area contributed by atoms with Gasteiger partial charge in [-0.15, -0.1) is 11.6 Å². The minimum Gasteiger partial charge on any atom is -0.456 e. The number of hydrogen-bond acceptors (Lipinski definition) is 2. The summed E-state index contributed by atoms with van der Waals surface area (Å²) < 4.78 is 5.43. The van der Waals surface area contributed by atoms with Crippen LogP contribution in [0.4, 0.5) is 0 Å². The SMILES string of the molecule is Cc1ccc(C(=O)N(CCCl)C2CCCCC2)o1. The highest BCUT2D eigenvalue weighted by molar-refractivity contribution is 6.18. The van der Waals surface area contributed by atoms with E-state index in [2.05, 4.69) is 0 Å². The molecule has 1 amide bonds. The molecular formula is C14H20ClNO2. The first-order valence-electron chi connectivity index (χ1n) is 6.65. The molecule has 0 saturated heterocycles. The van der Waals surface area contributed by atoms with Crippen molar-refractivity contribution in [1.82, 2.24) is 4.90 Å². The summed E-state index contributed by atoms with van der Waals surface area (Å²) in [7, 11) is 0. The van der Waals surface area contributed by atoms with E-state index in [9.17, 15) is 4.79 Å². The summed E-state index contributed by atoms with van der Waals surface area (Å²) in [5, 5.41) is 0. The van der Waals surface area contributed by atoms with Crippen molar-refractivity contribution >= 4 is 17.5 Å². The van der Waals surface area contributed by atoms with Crippen LogP contribution in [-0.2, 0) is 0 Å². The monoisotopic (exact) mass is 269 g/mol. The number of aryl methyl sites for hydroxylation is 1. The topological polar surface area (TPSA) is 33.5 Å². The quantitative estimate of drug-likeness (QED) is 0.783. The lowest BCUT2D eigenvalue weighted by atomic mass is 9.94. The van der Waals surface area contributed by atoms with E-state index in [1.165, 1.54) is 19.3 Å². The largest absolute Gasteiger partial charge is 0.456 e. The number of carbonyl (C=O) groups excluding carboxylic acids is 1. The van der Waals surface area contributed by atoms with E-state index in [-0.39, 0.29) is 5.91 Å². The molecule has 0 N–H and O–H groups in total. The summed E-state index contributed by atoms with van der Waals surface area (Å²) >= 11 is 5.83. The zero-order valence-electron chi connectivity index (χ0n) is 10.8. The van der Waals surface area contributed by atoms with Gasteiger partial charge >= 0.3 is 0 Å². The Morgan fingerprint density at radius 3 is 2.67 bits per heavy atom. The average Bonchev–Trinajstić information content (AvgIpc) is 2.83. The van der Waals surface area contributed by atoms with Crippen LogP contribution < -0.4 is 0 Å². The smallest absolute Gasteiger partial charge is 0.289 e. The van der Waals surface area contributed by atoms with Gasteiger partial charge in [-0.25, -0.2) is 0 Å². The van der Waals surface area contributed by atoms with Crippen LogP contribution in [0.5, 0.6) is 0 Å². The molecule has 100 valence electrons. The van der Waals surface area contributed by atoms with Crippen molar-refractivity contribution < 1.29 is 9.21 Å². The standard InChI is InChI=1S/C14H20ClNO2/c1-11-7-8-13(18-11)14(17)16(10-9-15)12-5-3-2-4-6-12/h7-8,12H,2-6,9-10H2,1H3. The Bertz CT molecular complexity index is 396. The van der Waals surface area contributed by atoms with Gasteiger partial charge in [-0.05, 0) is 31.9 Å². The molecule has 0 bridgehead atoms. The summed E-state index contributed by atoms with van der Waals surface area (Å²) in [6, 6.07) is 3.91. The molecule has 1 fully saturated rings. The number of amides is 1. The Balaban J connectivity index is 2.10. The average molecular weight is 270 g/mol. The Morgan fingerprint density at radius 2 is 2.11 bits per heavy atom. The number of alkyl halides is 1. The molecule has 4 heteroatoms. The number of rotatable bonds is 4. The van der Waals surface area contributed by atoms with Gasteiger partial charge < -0.3 is 9.32 Å². The summed E-state index contributed by atoms with van der Waals surface area (Å²) in [5.41, 5.74) is 0. The molecule has 3 nitrogen and oxygen atoms in total. The van der Waals surface area contributed by atoms with Crippen molar-refractivity contribution in [2.24, 2.45) is 0 Å². The van der Waals surface area contributed by atoms with Crippen LogP contribution in [0.25, 0.3) is 0 Å². The van der Waals surface area contributed by atoms with E-state index in [1.54, 1.807) is 6.07 Å². The molecule has 0 unspecified atom stereocenters. The van der Waals surface area contributed by atoms with Crippen molar-refractivity contribution in [1.29, 1.82) is 0 Å². The van der Waals surface area contributed by atoms with E-state index in [0.29, 0.717) is 24.2 Å². The third kappa shape index (κ3) is 3.08. The second-order valence-corrected chi connectivity index (χ2v) is 5.27. The molecule has 0 aliphatic heterocycles. The van der Waals surface area contributed by atoms with Crippen LogP contribution >= 0.6 is 11.6 Å². The zero-order valence-corrected chi connectivity index (χ0v) is 11.6. The minimum absolute atomic E-state index is 0.0179. The van der Waals surface area contributed by atoms with Crippen molar-refractivity contribution in [3.05, 3.63) is 23.7 Å². The highest BCUT2D eigenvalue weighted by Crippen LogP contribution is 2.24. The molecule has 0 radical (unpaired) electrons. The van der Waals surface area contributed by atoms with Crippen LogP contribution in [0.15, 0.2) is 16.5 Å². The highest BCUT2D eigenvalue weighted by Gasteiger charge is 2.27. The Kier molecular flexibility index (Phi) is 4.70. The molecule has 1 saturated carbocycles. The summed E-state index contributed by atoms with van der Waals surface area (Å²) in [6.45, 7) is 2.45.